The van der Waals surface area contributed by atoms with Crippen LogP contribution in [0.4, 0.5) is 4.79 Å². The van der Waals surface area contributed by atoms with E-state index >= 15 is 0 Å². The van der Waals surface area contributed by atoms with Gasteiger partial charge in [0, 0.05) is 45.3 Å². The second kappa shape index (κ2) is 10.6. The average molecular weight is 439 g/mol. The maximum atomic E-state index is 12.7. The zero-order chi connectivity index (χ0) is 21.6. The molecule has 168 valence electrons. The highest BCUT2D eigenvalue weighted by molar-refractivity contribution is 7.89. The number of sulfonamides is 1. The summed E-state index contributed by atoms with van der Waals surface area (Å²) in [5.74, 6) is 0.660. The molecule has 0 saturated carbocycles. The molecule has 0 aliphatic carbocycles. The summed E-state index contributed by atoms with van der Waals surface area (Å²) < 4.78 is 32.0. The fourth-order valence-corrected chi connectivity index (χ4v) is 5.32. The molecule has 8 nitrogen and oxygen atoms in total. The molecule has 2 N–H and O–H groups in total. The van der Waals surface area contributed by atoms with Gasteiger partial charge in [-0.15, -0.1) is 0 Å². The third-order valence-electron chi connectivity index (χ3n) is 5.53. The van der Waals surface area contributed by atoms with Gasteiger partial charge in [-0.05, 0) is 36.5 Å². The van der Waals surface area contributed by atoms with Gasteiger partial charge in [-0.25, -0.2) is 13.2 Å². The molecule has 0 bridgehead atoms. The Morgan fingerprint density at radius 1 is 1.10 bits per heavy atom. The zero-order valence-corrected chi connectivity index (χ0v) is 18.8. The van der Waals surface area contributed by atoms with E-state index in [2.05, 4.69) is 29.4 Å². The Kier molecular flexibility index (Phi) is 8.10. The Bertz CT molecular complexity index is 784. The maximum absolute atomic E-state index is 12.7. The zero-order valence-electron chi connectivity index (χ0n) is 18.0. The molecular weight excluding hydrogens is 404 g/mol. The second-order valence-electron chi connectivity index (χ2n) is 8.46. The van der Waals surface area contributed by atoms with Crippen molar-refractivity contribution >= 4 is 16.1 Å². The van der Waals surface area contributed by atoms with E-state index in [0.717, 1.165) is 38.0 Å². The molecule has 2 fully saturated rings. The van der Waals surface area contributed by atoms with Gasteiger partial charge in [0.05, 0.1) is 18.1 Å². The molecule has 3 rings (SSSR count). The van der Waals surface area contributed by atoms with Crippen LogP contribution >= 0.6 is 0 Å². The topological polar surface area (TPSA) is 91.0 Å². The van der Waals surface area contributed by atoms with Crippen molar-refractivity contribution in [2.24, 2.45) is 5.92 Å². The van der Waals surface area contributed by atoms with Crippen LogP contribution in [0.1, 0.15) is 32.3 Å². The SMILES string of the molecule is CC(C)CN1CCC(NC(=O)NCc2ccc(S(=O)(=O)N3CCOCC3)cc2)CC1. The Morgan fingerprint density at radius 2 is 1.73 bits per heavy atom. The molecule has 2 aliphatic rings. The van der Waals surface area contributed by atoms with E-state index in [-0.39, 0.29) is 17.0 Å². The van der Waals surface area contributed by atoms with Gasteiger partial charge < -0.3 is 20.3 Å². The van der Waals surface area contributed by atoms with Crippen molar-refractivity contribution in [2.45, 2.75) is 44.2 Å². The van der Waals surface area contributed by atoms with E-state index in [9.17, 15) is 13.2 Å². The summed E-state index contributed by atoms with van der Waals surface area (Å²) in [7, 11) is -3.49. The van der Waals surface area contributed by atoms with Crippen molar-refractivity contribution in [3.8, 4) is 0 Å². The number of carbonyl (C=O) groups is 1. The molecule has 0 spiro atoms. The van der Waals surface area contributed by atoms with Crippen molar-refractivity contribution in [3.05, 3.63) is 29.8 Å². The molecular formula is C21H34N4O4S. The number of nitrogens with one attached hydrogen (secondary N) is 2. The van der Waals surface area contributed by atoms with Crippen LogP contribution in [0.25, 0.3) is 0 Å². The highest BCUT2D eigenvalue weighted by Crippen LogP contribution is 2.18. The Hall–Kier alpha value is -1.68. The first-order valence-corrected chi connectivity index (χ1v) is 12.2. The number of likely N-dealkylation sites (tertiary alicyclic amines) is 1. The predicted molar refractivity (Wildman–Crippen MR) is 116 cm³/mol. The first kappa shape index (κ1) is 23.0. The number of ether oxygens (including phenoxy) is 1. The summed E-state index contributed by atoms with van der Waals surface area (Å²) in [6.45, 7) is 9.55. The van der Waals surface area contributed by atoms with E-state index in [1.54, 1.807) is 24.3 Å². The number of hydrogen-bond donors (Lipinski definition) is 2. The summed E-state index contributed by atoms with van der Waals surface area (Å²) >= 11 is 0. The molecule has 30 heavy (non-hydrogen) atoms. The van der Waals surface area contributed by atoms with Gasteiger partial charge >= 0.3 is 6.03 Å². The molecule has 1 aromatic rings. The van der Waals surface area contributed by atoms with Crippen LogP contribution in [0.3, 0.4) is 0 Å². The lowest BCUT2D eigenvalue weighted by molar-refractivity contribution is 0.0730. The van der Waals surface area contributed by atoms with Gasteiger partial charge in [-0.3, -0.25) is 0 Å². The number of amides is 2. The Balaban J connectivity index is 1.43. The van der Waals surface area contributed by atoms with Crippen LogP contribution < -0.4 is 10.6 Å². The fraction of sp³-hybridized carbons (Fsp3) is 0.667. The molecule has 0 atom stereocenters. The minimum atomic E-state index is -3.49. The van der Waals surface area contributed by atoms with Crippen molar-refractivity contribution in [3.63, 3.8) is 0 Å². The highest BCUT2D eigenvalue weighted by atomic mass is 32.2. The molecule has 0 radical (unpaired) electrons. The van der Waals surface area contributed by atoms with E-state index in [4.69, 9.17) is 4.74 Å². The van der Waals surface area contributed by atoms with Gasteiger partial charge in [0.1, 0.15) is 0 Å². The lowest BCUT2D eigenvalue weighted by atomic mass is 10.0. The number of benzene rings is 1. The van der Waals surface area contributed by atoms with E-state index in [1.807, 2.05) is 0 Å². The fourth-order valence-electron chi connectivity index (χ4n) is 3.91. The van der Waals surface area contributed by atoms with Gasteiger partial charge in [0.2, 0.25) is 10.0 Å². The number of carbonyl (C=O) groups excluding carboxylic acids is 1. The van der Waals surface area contributed by atoms with Crippen LogP contribution in [0.5, 0.6) is 0 Å². The first-order valence-electron chi connectivity index (χ1n) is 10.8. The Morgan fingerprint density at radius 3 is 2.33 bits per heavy atom. The number of rotatable bonds is 7. The molecule has 2 aliphatic heterocycles. The third kappa shape index (κ3) is 6.41. The third-order valence-corrected chi connectivity index (χ3v) is 7.44. The smallest absolute Gasteiger partial charge is 0.315 e. The quantitative estimate of drug-likeness (QED) is 0.675. The van der Waals surface area contributed by atoms with E-state index in [0.29, 0.717) is 38.8 Å². The number of nitrogens with zero attached hydrogens (tertiary/aromatic N) is 2. The molecule has 2 amide bonds. The van der Waals surface area contributed by atoms with Crippen LogP contribution in [0.15, 0.2) is 29.2 Å². The van der Waals surface area contributed by atoms with Gasteiger partial charge in [0.25, 0.3) is 0 Å². The summed E-state index contributed by atoms with van der Waals surface area (Å²) in [5.41, 5.74) is 0.859. The molecule has 2 heterocycles. The first-order chi connectivity index (χ1) is 14.3. The van der Waals surface area contributed by atoms with Gasteiger partial charge in [-0.1, -0.05) is 26.0 Å². The van der Waals surface area contributed by atoms with Crippen molar-refractivity contribution in [1.29, 1.82) is 0 Å². The molecule has 9 heteroatoms. The number of hydrogen-bond acceptors (Lipinski definition) is 5. The summed E-state index contributed by atoms with van der Waals surface area (Å²) in [4.78, 5) is 14.9. The molecule has 2 saturated heterocycles. The second-order valence-corrected chi connectivity index (χ2v) is 10.4. The number of piperidine rings is 1. The lowest BCUT2D eigenvalue weighted by Crippen LogP contribution is -2.48. The normalized spacial score (nSPS) is 19.7. The number of morpholine rings is 1. The molecule has 0 aromatic heterocycles. The van der Waals surface area contributed by atoms with Crippen molar-refractivity contribution < 1.29 is 17.9 Å². The monoisotopic (exact) mass is 438 g/mol. The summed E-state index contributed by atoms with van der Waals surface area (Å²) in [5, 5.41) is 5.92. The van der Waals surface area contributed by atoms with E-state index < -0.39 is 10.0 Å². The summed E-state index contributed by atoms with van der Waals surface area (Å²) in [6, 6.07) is 6.72. The molecule has 0 unspecified atom stereocenters. The van der Waals surface area contributed by atoms with Crippen LogP contribution in [0.2, 0.25) is 0 Å². The van der Waals surface area contributed by atoms with Crippen molar-refractivity contribution in [2.75, 3.05) is 45.9 Å². The lowest BCUT2D eigenvalue weighted by Gasteiger charge is -2.33. The number of urea groups is 1. The minimum absolute atomic E-state index is 0.178. The van der Waals surface area contributed by atoms with Gasteiger partial charge in [-0.2, -0.15) is 4.31 Å². The highest BCUT2D eigenvalue weighted by Gasteiger charge is 2.26. The van der Waals surface area contributed by atoms with Crippen LogP contribution in [-0.4, -0.2) is 75.6 Å². The Labute approximate surface area is 180 Å². The summed E-state index contributed by atoms with van der Waals surface area (Å²) in [6.07, 6.45) is 1.93. The van der Waals surface area contributed by atoms with Crippen molar-refractivity contribution in [1.82, 2.24) is 19.8 Å². The standard InChI is InChI=1S/C21H34N4O4S/c1-17(2)16-24-9-7-19(8-10-24)23-21(26)22-15-18-3-5-20(6-4-18)30(27,28)25-11-13-29-14-12-25/h3-6,17,19H,7-16H2,1-2H3,(H2,22,23,26). The van der Waals surface area contributed by atoms with E-state index in [1.165, 1.54) is 4.31 Å². The maximum Gasteiger partial charge on any atom is 0.315 e. The largest absolute Gasteiger partial charge is 0.379 e. The predicted octanol–water partition coefficient (Wildman–Crippen LogP) is 1.63. The van der Waals surface area contributed by atoms with Gasteiger partial charge in [0.15, 0.2) is 0 Å². The van der Waals surface area contributed by atoms with Crippen LogP contribution in [-0.2, 0) is 21.3 Å². The molecule has 1 aromatic carbocycles. The van der Waals surface area contributed by atoms with Crippen LogP contribution in [0, 0.1) is 5.92 Å². The minimum Gasteiger partial charge on any atom is -0.379 e. The average Bonchev–Trinajstić information content (AvgIpc) is 2.74.